The summed E-state index contributed by atoms with van der Waals surface area (Å²) in [6.07, 6.45) is 0. The number of amides is 1. The van der Waals surface area contributed by atoms with Gasteiger partial charge in [-0.1, -0.05) is 30.3 Å². The average Bonchev–Trinajstić information content (AvgIpc) is 2.54. The van der Waals surface area contributed by atoms with Crippen LogP contribution in [-0.2, 0) is 21.3 Å². The highest BCUT2D eigenvalue weighted by Gasteiger charge is 2.15. The van der Waals surface area contributed by atoms with E-state index in [1.165, 1.54) is 0 Å². The lowest BCUT2D eigenvalue weighted by molar-refractivity contribution is -0.115. The second-order valence-corrected chi connectivity index (χ2v) is 6.38. The Morgan fingerprint density at radius 3 is 2.26 bits per heavy atom. The zero-order chi connectivity index (χ0) is 16.8. The molecule has 1 unspecified atom stereocenters. The van der Waals surface area contributed by atoms with Crippen LogP contribution in [0.3, 0.4) is 0 Å². The van der Waals surface area contributed by atoms with Crippen LogP contribution in [0.4, 0.5) is 0 Å². The molecule has 1 amide bonds. The number of primary amides is 1. The fourth-order valence-corrected chi connectivity index (χ4v) is 3.32. The van der Waals surface area contributed by atoms with E-state index in [1.807, 2.05) is 36.4 Å². The van der Waals surface area contributed by atoms with Gasteiger partial charge in [0, 0.05) is 16.6 Å². The monoisotopic (exact) mass is 333 g/mol. The third-order valence-electron chi connectivity index (χ3n) is 3.31. The van der Waals surface area contributed by atoms with E-state index in [0.717, 1.165) is 16.7 Å². The van der Waals surface area contributed by atoms with Crippen LogP contribution in [0, 0.1) is 0 Å². The summed E-state index contributed by atoms with van der Waals surface area (Å²) < 4.78 is 22.8. The molecule has 0 saturated heterocycles. The van der Waals surface area contributed by atoms with Gasteiger partial charge in [0.05, 0.1) is 14.2 Å². The Kier molecular flexibility index (Phi) is 5.76. The van der Waals surface area contributed by atoms with Crippen molar-refractivity contribution >= 4 is 16.7 Å². The topological polar surface area (TPSA) is 78.6 Å². The molecule has 0 aliphatic heterocycles. The van der Waals surface area contributed by atoms with E-state index in [1.54, 1.807) is 20.3 Å². The van der Waals surface area contributed by atoms with Crippen LogP contribution in [0.2, 0.25) is 0 Å². The zero-order valence-electron chi connectivity index (χ0n) is 13.1. The van der Waals surface area contributed by atoms with Crippen LogP contribution in [0.15, 0.2) is 42.5 Å². The molecule has 0 radical (unpaired) electrons. The van der Waals surface area contributed by atoms with Crippen LogP contribution in [0.25, 0.3) is 11.1 Å². The van der Waals surface area contributed by atoms with Crippen LogP contribution < -0.4 is 15.2 Å². The van der Waals surface area contributed by atoms with Crippen molar-refractivity contribution in [2.45, 2.75) is 5.75 Å². The van der Waals surface area contributed by atoms with Gasteiger partial charge in [0.25, 0.3) is 0 Å². The molecule has 0 fully saturated rings. The second kappa shape index (κ2) is 7.78. The predicted octanol–water partition coefficient (Wildman–Crippen LogP) is 2.10. The van der Waals surface area contributed by atoms with Crippen LogP contribution >= 0.6 is 0 Å². The maximum atomic E-state index is 12.1. The number of carbonyl (C=O) groups excluding carboxylic acids is 1. The third kappa shape index (κ3) is 4.32. The van der Waals surface area contributed by atoms with Crippen molar-refractivity contribution in [1.29, 1.82) is 0 Å². The largest absolute Gasteiger partial charge is 0.493 e. The van der Waals surface area contributed by atoms with E-state index in [-0.39, 0.29) is 11.5 Å². The average molecular weight is 333 g/mol. The van der Waals surface area contributed by atoms with E-state index >= 15 is 0 Å². The van der Waals surface area contributed by atoms with Gasteiger partial charge in [-0.25, -0.2) is 0 Å². The van der Waals surface area contributed by atoms with E-state index in [4.69, 9.17) is 15.2 Å². The molecule has 0 saturated carbocycles. The van der Waals surface area contributed by atoms with Gasteiger partial charge in [-0.2, -0.15) is 0 Å². The van der Waals surface area contributed by atoms with Gasteiger partial charge >= 0.3 is 0 Å². The lowest BCUT2D eigenvalue weighted by atomic mass is 10.00. The first-order chi connectivity index (χ1) is 11.0. The summed E-state index contributed by atoms with van der Waals surface area (Å²) in [4.78, 5) is 11.0. The Morgan fingerprint density at radius 1 is 1.09 bits per heavy atom. The summed E-state index contributed by atoms with van der Waals surface area (Å²) >= 11 is 0. The maximum Gasteiger partial charge on any atom is 0.230 e. The van der Waals surface area contributed by atoms with Gasteiger partial charge in [-0.15, -0.1) is 0 Å². The standard InChI is InChI=1S/C17H19NO4S/c1-21-15-8-13(10-23(20)11-17(18)19)14(9-16(15)22-2)12-6-4-3-5-7-12/h3-9H,10-11H2,1-2H3,(H2,18,19). The Balaban J connectivity index is 2.49. The number of benzene rings is 2. The highest BCUT2D eigenvalue weighted by Crippen LogP contribution is 2.36. The van der Waals surface area contributed by atoms with E-state index < -0.39 is 16.7 Å². The number of carbonyl (C=O) groups is 1. The molecule has 0 heterocycles. The molecule has 0 aliphatic carbocycles. The molecule has 23 heavy (non-hydrogen) atoms. The summed E-state index contributed by atoms with van der Waals surface area (Å²) in [5, 5.41) is 0. The maximum absolute atomic E-state index is 12.1. The molecule has 1 atom stereocenters. The van der Waals surface area contributed by atoms with Crippen LogP contribution in [0.1, 0.15) is 5.56 Å². The van der Waals surface area contributed by atoms with Gasteiger partial charge < -0.3 is 15.2 Å². The van der Waals surface area contributed by atoms with Gasteiger partial charge in [-0.05, 0) is 28.8 Å². The van der Waals surface area contributed by atoms with Gasteiger partial charge in [0.1, 0.15) is 5.75 Å². The van der Waals surface area contributed by atoms with Crippen molar-refractivity contribution in [2.75, 3.05) is 20.0 Å². The quantitative estimate of drug-likeness (QED) is 0.842. The zero-order valence-corrected chi connectivity index (χ0v) is 13.9. The number of ether oxygens (including phenoxy) is 2. The minimum Gasteiger partial charge on any atom is -0.493 e. The van der Waals surface area contributed by atoms with Crippen molar-refractivity contribution in [3.63, 3.8) is 0 Å². The fraction of sp³-hybridized carbons (Fsp3) is 0.235. The lowest BCUT2D eigenvalue weighted by Crippen LogP contribution is -2.20. The van der Waals surface area contributed by atoms with Gasteiger partial charge in [0.15, 0.2) is 11.5 Å². The summed E-state index contributed by atoms with van der Waals surface area (Å²) in [5.41, 5.74) is 7.80. The van der Waals surface area contributed by atoms with E-state index in [2.05, 4.69) is 0 Å². The molecule has 6 heteroatoms. The molecule has 2 aromatic rings. The molecular formula is C17H19NO4S. The molecule has 0 spiro atoms. The van der Waals surface area contributed by atoms with Gasteiger partial charge in [-0.3, -0.25) is 9.00 Å². The van der Waals surface area contributed by atoms with Gasteiger partial charge in [0.2, 0.25) is 5.91 Å². The summed E-state index contributed by atoms with van der Waals surface area (Å²) in [6, 6.07) is 13.3. The normalized spacial score (nSPS) is 11.7. The molecule has 5 nitrogen and oxygen atoms in total. The number of nitrogens with two attached hydrogens (primary N) is 1. The van der Waals surface area contributed by atoms with Crippen molar-refractivity contribution < 1.29 is 18.5 Å². The van der Waals surface area contributed by atoms with E-state index in [9.17, 15) is 9.00 Å². The third-order valence-corrected chi connectivity index (χ3v) is 4.55. The first-order valence-electron chi connectivity index (χ1n) is 6.98. The molecular weight excluding hydrogens is 314 g/mol. The molecule has 0 bridgehead atoms. The first kappa shape index (κ1) is 17.0. The minimum absolute atomic E-state index is 0.164. The van der Waals surface area contributed by atoms with Crippen molar-refractivity contribution in [3.8, 4) is 22.6 Å². The van der Waals surface area contributed by atoms with Crippen molar-refractivity contribution in [2.24, 2.45) is 5.73 Å². The Morgan fingerprint density at radius 2 is 1.70 bits per heavy atom. The number of rotatable bonds is 7. The molecule has 0 aliphatic rings. The minimum atomic E-state index is -1.37. The highest BCUT2D eigenvalue weighted by atomic mass is 32.2. The molecule has 0 aromatic heterocycles. The lowest BCUT2D eigenvalue weighted by Gasteiger charge is -2.15. The first-order valence-corrected chi connectivity index (χ1v) is 8.47. The Hall–Kier alpha value is -2.34. The van der Waals surface area contributed by atoms with Crippen molar-refractivity contribution in [3.05, 3.63) is 48.0 Å². The number of hydrogen-bond donors (Lipinski definition) is 1. The SMILES string of the molecule is COc1cc(CS(=O)CC(N)=O)c(-c2ccccc2)cc1OC. The number of methoxy groups -OCH3 is 2. The highest BCUT2D eigenvalue weighted by molar-refractivity contribution is 7.84. The Labute approximate surface area is 137 Å². The number of hydrogen-bond acceptors (Lipinski definition) is 4. The van der Waals surface area contributed by atoms with Crippen molar-refractivity contribution in [1.82, 2.24) is 0 Å². The Bertz CT molecular complexity index is 716. The van der Waals surface area contributed by atoms with Crippen LogP contribution in [0.5, 0.6) is 11.5 Å². The van der Waals surface area contributed by atoms with Crippen LogP contribution in [-0.4, -0.2) is 30.1 Å². The molecule has 2 aromatic carbocycles. The summed E-state index contributed by atoms with van der Waals surface area (Å²) in [7, 11) is 1.74. The smallest absolute Gasteiger partial charge is 0.230 e. The molecule has 122 valence electrons. The summed E-state index contributed by atoms with van der Waals surface area (Å²) in [5.74, 6) is 0.620. The predicted molar refractivity (Wildman–Crippen MR) is 90.9 cm³/mol. The second-order valence-electron chi connectivity index (χ2n) is 4.93. The fourth-order valence-electron chi connectivity index (χ4n) is 2.31. The molecule has 2 rings (SSSR count). The molecule has 2 N–H and O–H groups in total. The van der Waals surface area contributed by atoms with E-state index in [0.29, 0.717) is 11.5 Å². The summed E-state index contributed by atoms with van der Waals surface area (Å²) in [6.45, 7) is 0.